The maximum Gasteiger partial charge on any atom is 0.308 e. The number of carbonyl (C=O) groups is 2. The van der Waals surface area contributed by atoms with Gasteiger partial charge in [0.25, 0.3) is 0 Å². The number of carbonyl (C=O) groups excluding carboxylic acids is 2. The lowest BCUT2D eigenvalue weighted by Gasteiger charge is -2.11. The summed E-state index contributed by atoms with van der Waals surface area (Å²) in [6, 6.07) is 3.20. The quantitative estimate of drug-likeness (QED) is 0.446. The zero-order valence-corrected chi connectivity index (χ0v) is 9.79. The molecule has 1 rings (SSSR count). The first-order chi connectivity index (χ1) is 7.45. The molecular formula is C12H14O4. The van der Waals surface area contributed by atoms with Crippen LogP contribution in [-0.2, 0) is 4.79 Å². The summed E-state index contributed by atoms with van der Waals surface area (Å²) in [5.74, 6) is 0.332. The Morgan fingerprint density at radius 3 is 2.19 bits per heavy atom. The first kappa shape index (κ1) is 12.2. The van der Waals surface area contributed by atoms with Crippen molar-refractivity contribution in [3.63, 3.8) is 0 Å². The van der Waals surface area contributed by atoms with Gasteiger partial charge < -0.3 is 9.47 Å². The number of ketones is 1. The van der Waals surface area contributed by atoms with E-state index in [1.165, 1.54) is 21.0 Å². The summed E-state index contributed by atoms with van der Waals surface area (Å²) in [5, 5.41) is 0. The summed E-state index contributed by atoms with van der Waals surface area (Å²) in [4.78, 5) is 22.2. The van der Waals surface area contributed by atoms with Crippen LogP contribution in [0.2, 0.25) is 0 Å². The molecule has 0 aliphatic rings. The lowest BCUT2D eigenvalue weighted by Crippen LogP contribution is -2.05. The van der Waals surface area contributed by atoms with Crippen LogP contribution < -0.4 is 9.47 Å². The van der Waals surface area contributed by atoms with Gasteiger partial charge in [-0.2, -0.15) is 0 Å². The predicted molar refractivity (Wildman–Crippen MR) is 59.0 cm³/mol. The standard InChI is InChI=1S/C12H14O4/c1-7-5-10(8(2)13)12(15-4)6-11(7)16-9(3)14/h5-6H,1-4H3. The average molecular weight is 222 g/mol. The molecule has 0 aromatic heterocycles. The van der Waals surface area contributed by atoms with Gasteiger partial charge in [0.1, 0.15) is 11.5 Å². The fraction of sp³-hybridized carbons (Fsp3) is 0.333. The maximum absolute atomic E-state index is 11.3. The first-order valence-corrected chi connectivity index (χ1v) is 4.83. The molecule has 16 heavy (non-hydrogen) atoms. The van der Waals surface area contributed by atoms with Crippen LogP contribution >= 0.6 is 0 Å². The molecule has 0 aliphatic heterocycles. The van der Waals surface area contributed by atoms with Crippen molar-refractivity contribution in [2.75, 3.05) is 7.11 Å². The third-order valence-electron chi connectivity index (χ3n) is 2.13. The number of hydrogen-bond donors (Lipinski definition) is 0. The van der Waals surface area contributed by atoms with Crippen molar-refractivity contribution in [2.45, 2.75) is 20.8 Å². The minimum Gasteiger partial charge on any atom is -0.496 e. The fourth-order valence-electron chi connectivity index (χ4n) is 1.38. The van der Waals surface area contributed by atoms with Crippen LogP contribution in [0.4, 0.5) is 0 Å². The SMILES string of the molecule is COc1cc(OC(C)=O)c(C)cc1C(C)=O. The van der Waals surface area contributed by atoms with Gasteiger partial charge in [-0.1, -0.05) is 0 Å². The highest BCUT2D eigenvalue weighted by atomic mass is 16.5. The second-order valence-electron chi connectivity index (χ2n) is 3.47. The Morgan fingerprint density at radius 2 is 1.75 bits per heavy atom. The number of ether oxygens (including phenoxy) is 2. The normalized spacial score (nSPS) is 9.75. The van der Waals surface area contributed by atoms with Crippen molar-refractivity contribution in [1.29, 1.82) is 0 Å². The van der Waals surface area contributed by atoms with E-state index in [9.17, 15) is 9.59 Å². The highest BCUT2D eigenvalue weighted by Crippen LogP contribution is 2.29. The maximum atomic E-state index is 11.3. The van der Waals surface area contributed by atoms with Crippen molar-refractivity contribution in [2.24, 2.45) is 0 Å². The van der Waals surface area contributed by atoms with Gasteiger partial charge in [0, 0.05) is 13.0 Å². The van der Waals surface area contributed by atoms with Gasteiger partial charge >= 0.3 is 5.97 Å². The third-order valence-corrected chi connectivity index (χ3v) is 2.13. The van der Waals surface area contributed by atoms with E-state index in [4.69, 9.17) is 9.47 Å². The van der Waals surface area contributed by atoms with Crippen molar-refractivity contribution in [3.8, 4) is 11.5 Å². The number of Topliss-reactive ketones (excluding diaryl/α,β-unsaturated/α-hetero) is 1. The van der Waals surface area contributed by atoms with E-state index in [1.807, 2.05) is 0 Å². The van der Waals surface area contributed by atoms with Crippen LogP contribution in [0.25, 0.3) is 0 Å². The van der Waals surface area contributed by atoms with Gasteiger partial charge in [0.05, 0.1) is 12.7 Å². The molecule has 86 valence electrons. The smallest absolute Gasteiger partial charge is 0.308 e. The van der Waals surface area contributed by atoms with Crippen LogP contribution in [0.15, 0.2) is 12.1 Å². The lowest BCUT2D eigenvalue weighted by atomic mass is 10.1. The zero-order valence-electron chi connectivity index (χ0n) is 9.79. The Bertz CT molecular complexity index is 435. The Labute approximate surface area is 94.2 Å². The molecule has 0 radical (unpaired) electrons. The molecule has 4 heteroatoms. The number of hydrogen-bond acceptors (Lipinski definition) is 4. The molecule has 1 aromatic rings. The summed E-state index contributed by atoms with van der Waals surface area (Å²) in [6.07, 6.45) is 0. The van der Waals surface area contributed by atoms with E-state index >= 15 is 0 Å². The van der Waals surface area contributed by atoms with Gasteiger partial charge in [-0.3, -0.25) is 9.59 Å². The van der Waals surface area contributed by atoms with E-state index in [2.05, 4.69) is 0 Å². The molecule has 0 amide bonds. The van der Waals surface area contributed by atoms with Crippen molar-refractivity contribution in [1.82, 2.24) is 0 Å². The molecule has 0 bridgehead atoms. The van der Waals surface area contributed by atoms with Crippen molar-refractivity contribution < 1.29 is 19.1 Å². The van der Waals surface area contributed by atoms with Crippen LogP contribution in [0, 0.1) is 6.92 Å². The first-order valence-electron chi connectivity index (χ1n) is 4.83. The molecule has 0 fully saturated rings. The molecule has 0 heterocycles. The number of benzene rings is 1. The summed E-state index contributed by atoms with van der Waals surface area (Å²) in [7, 11) is 1.47. The molecule has 0 saturated heterocycles. The van der Waals surface area contributed by atoms with Crippen LogP contribution in [0.3, 0.4) is 0 Å². The minimum atomic E-state index is -0.402. The Balaban J connectivity index is 3.25. The Kier molecular flexibility index (Phi) is 3.66. The minimum absolute atomic E-state index is 0.0886. The largest absolute Gasteiger partial charge is 0.496 e. The summed E-state index contributed by atoms with van der Waals surface area (Å²) >= 11 is 0. The summed E-state index contributed by atoms with van der Waals surface area (Å²) in [5.41, 5.74) is 1.21. The number of esters is 1. The molecule has 4 nitrogen and oxygen atoms in total. The molecule has 0 atom stereocenters. The van der Waals surface area contributed by atoms with Crippen LogP contribution in [-0.4, -0.2) is 18.9 Å². The van der Waals surface area contributed by atoms with E-state index < -0.39 is 5.97 Å². The fourth-order valence-corrected chi connectivity index (χ4v) is 1.38. The number of methoxy groups -OCH3 is 1. The third kappa shape index (κ3) is 2.59. The van der Waals surface area contributed by atoms with Gasteiger partial charge in [0.2, 0.25) is 0 Å². The Hall–Kier alpha value is -1.84. The molecule has 0 unspecified atom stereocenters. The highest BCUT2D eigenvalue weighted by Gasteiger charge is 2.13. The van der Waals surface area contributed by atoms with Gasteiger partial charge in [-0.05, 0) is 25.5 Å². The van der Waals surface area contributed by atoms with E-state index in [0.717, 1.165) is 5.56 Å². The van der Waals surface area contributed by atoms with Crippen LogP contribution in [0.5, 0.6) is 11.5 Å². The highest BCUT2D eigenvalue weighted by molar-refractivity contribution is 5.97. The molecular weight excluding hydrogens is 208 g/mol. The van der Waals surface area contributed by atoms with Gasteiger partial charge in [-0.25, -0.2) is 0 Å². The predicted octanol–water partition coefficient (Wildman–Crippen LogP) is 2.13. The topological polar surface area (TPSA) is 52.6 Å². The van der Waals surface area contributed by atoms with Gasteiger partial charge in [-0.15, -0.1) is 0 Å². The van der Waals surface area contributed by atoms with Crippen LogP contribution in [0.1, 0.15) is 29.8 Å². The molecule has 1 aromatic carbocycles. The van der Waals surface area contributed by atoms with Crippen molar-refractivity contribution in [3.05, 3.63) is 23.3 Å². The number of aryl methyl sites for hydroxylation is 1. The second kappa shape index (κ2) is 4.79. The van der Waals surface area contributed by atoms with E-state index in [0.29, 0.717) is 17.1 Å². The molecule has 0 saturated carbocycles. The summed E-state index contributed by atoms with van der Waals surface area (Å²) < 4.78 is 10.1. The van der Waals surface area contributed by atoms with E-state index in [1.54, 1.807) is 19.1 Å². The van der Waals surface area contributed by atoms with Gasteiger partial charge in [0.15, 0.2) is 5.78 Å². The molecule has 0 N–H and O–H groups in total. The molecule has 0 aliphatic carbocycles. The summed E-state index contributed by atoms with van der Waals surface area (Å²) in [6.45, 7) is 4.55. The van der Waals surface area contributed by atoms with Crippen molar-refractivity contribution >= 4 is 11.8 Å². The lowest BCUT2D eigenvalue weighted by molar-refractivity contribution is -0.131. The zero-order chi connectivity index (χ0) is 12.3. The molecule has 0 spiro atoms. The second-order valence-corrected chi connectivity index (χ2v) is 3.47. The average Bonchev–Trinajstić information content (AvgIpc) is 2.19. The Morgan fingerprint density at radius 1 is 1.12 bits per heavy atom. The van der Waals surface area contributed by atoms with E-state index in [-0.39, 0.29) is 5.78 Å². The number of rotatable bonds is 3. The monoisotopic (exact) mass is 222 g/mol.